The van der Waals surface area contributed by atoms with E-state index in [1.54, 1.807) is 0 Å². The van der Waals surface area contributed by atoms with Crippen LogP contribution in [-0.4, -0.2) is 17.1 Å². The van der Waals surface area contributed by atoms with Gasteiger partial charge in [0.05, 0.1) is 4.92 Å². The molecule has 6 heteroatoms. The van der Waals surface area contributed by atoms with Gasteiger partial charge in [-0.15, -0.1) is 0 Å². The number of nitrogens with zero attached hydrogens (tertiary/aromatic N) is 1. The summed E-state index contributed by atoms with van der Waals surface area (Å²) in [6.07, 6.45) is 3.13. The highest BCUT2D eigenvalue weighted by Gasteiger charge is 2.26. The minimum atomic E-state index is -0.877. The summed E-state index contributed by atoms with van der Waals surface area (Å²) in [5.74, 6) is -0.892. The van der Waals surface area contributed by atoms with Crippen LogP contribution in [0.2, 0.25) is 0 Å². The number of hydrogen-bond donors (Lipinski definition) is 1. The maximum atomic E-state index is 13.4. The molecule has 0 radical (unpaired) electrons. The number of ether oxygens (including phenoxy) is 1. The minimum absolute atomic E-state index is 0.0147. The molecule has 0 spiro atoms. The number of nitrogens with two attached hydrogens (primary N) is 1. The fourth-order valence-electron chi connectivity index (χ4n) is 2.24. The van der Waals surface area contributed by atoms with Crippen molar-refractivity contribution in [1.82, 2.24) is 0 Å². The van der Waals surface area contributed by atoms with Crippen LogP contribution < -0.4 is 10.5 Å². The van der Waals surface area contributed by atoms with E-state index in [1.165, 1.54) is 12.1 Å². The van der Waals surface area contributed by atoms with E-state index in [1.807, 2.05) is 0 Å². The van der Waals surface area contributed by atoms with Crippen molar-refractivity contribution in [2.75, 3.05) is 0 Å². The van der Waals surface area contributed by atoms with Crippen molar-refractivity contribution in [2.24, 2.45) is 5.73 Å². The van der Waals surface area contributed by atoms with Gasteiger partial charge in [0.25, 0.3) is 0 Å². The second-order valence-electron chi connectivity index (χ2n) is 4.51. The van der Waals surface area contributed by atoms with Gasteiger partial charge in [0.1, 0.15) is 6.10 Å². The Labute approximate surface area is 104 Å². The number of benzene rings is 1. The second-order valence-corrected chi connectivity index (χ2v) is 4.51. The molecule has 0 aliphatic heterocycles. The summed E-state index contributed by atoms with van der Waals surface area (Å²) in [7, 11) is 0. The third kappa shape index (κ3) is 2.76. The van der Waals surface area contributed by atoms with Crippen LogP contribution in [0.4, 0.5) is 10.1 Å². The van der Waals surface area contributed by atoms with Crippen molar-refractivity contribution in [3.05, 3.63) is 34.1 Å². The Morgan fingerprint density at radius 3 is 2.89 bits per heavy atom. The first-order valence-corrected chi connectivity index (χ1v) is 5.93. The molecule has 0 bridgehead atoms. The first-order valence-electron chi connectivity index (χ1n) is 5.93. The molecular formula is C12H15FN2O3. The van der Waals surface area contributed by atoms with Crippen LogP contribution >= 0.6 is 0 Å². The molecule has 2 unspecified atom stereocenters. The quantitative estimate of drug-likeness (QED) is 0.663. The lowest BCUT2D eigenvalue weighted by molar-refractivity contribution is -0.388. The zero-order valence-corrected chi connectivity index (χ0v) is 9.84. The largest absolute Gasteiger partial charge is 0.483 e. The van der Waals surface area contributed by atoms with Gasteiger partial charge in [0, 0.05) is 6.04 Å². The zero-order valence-electron chi connectivity index (χ0n) is 9.84. The molecule has 18 heavy (non-hydrogen) atoms. The number of para-hydroxylation sites is 1. The summed E-state index contributed by atoms with van der Waals surface area (Å²) in [6.45, 7) is 0. The number of rotatable bonds is 3. The molecule has 1 saturated carbocycles. The number of nitro groups is 1. The van der Waals surface area contributed by atoms with Gasteiger partial charge in [0.2, 0.25) is 11.6 Å². The Morgan fingerprint density at radius 2 is 2.22 bits per heavy atom. The van der Waals surface area contributed by atoms with Crippen molar-refractivity contribution >= 4 is 5.69 Å². The topological polar surface area (TPSA) is 78.4 Å². The predicted molar refractivity (Wildman–Crippen MR) is 63.9 cm³/mol. The molecule has 0 heterocycles. The molecule has 1 aliphatic rings. The zero-order chi connectivity index (χ0) is 13.1. The van der Waals surface area contributed by atoms with Gasteiger partial charge in [-0.2, -0.15) is 4.39 Å². The molecule has 1 aromatic rings. The number of halogens is 1. The van der Waals surface area contributed by atoms with Crippen LogP contribution in [0, 0.1) is 15.9 Å². The molecule has 1 fully saturated rings. The fourth-order valence-corrected chi connectivity index (χ4v) is 2.24. The van der Waals surface area contributed by atoms with Gasteiger partial charge in [-0.25, -0.2) is 0 Å². The van der Waals surface area contributed by atoms with E-state index in [0.29, 0.717) is 6.42 Å². The predicted octanol–water partition coefficient (Wildman–Crippen LogP) is 2.38. The van der Waals surface area contributed by atoms with Gasteiger partial charge < -0.3 is 10.5 Å². The third-order valence-electron chi connectivity index (χ3n) is 3.09. The average Bonchev–Trinajstić information content (AvgIpc) is 2.28. The van der Waals surface area contributed by atoms with Crippen molar-refractivity contribution in [3.63, 3.8) is 0 Å². The number of hydrogen-bond acceptors (Lipinski definition) is 4. The maximum absolute atomic E-state index is 13.4. The van der Waals surface area contributed by atoms with E-state index >= 15 is 0 Å². The molecular weight excluding hydrogens is 239 g/mol. The van der Waals surface area contributed by atoms with Crippen molar-refractivity contribution < 1.29 is 14.1 Å². The molecule has 0 saturated heterocycles. The molecule has 1 aromatic carbocycles. The average molecular weight is 254 g/mol. The SMILES string of the molecule is NC1CCCC(Oc2cccc(F)c2[N+](=O)[O-])C1. The van der Waals surface area contributed by atoms with Crippen LogP contribution in [0.5, 0.6) is 5.75 Å². The van der Waals surface area contributed by atoms with Crippen LogP contribution in [0.15, 0.2) is 18.2 Å². The monoisotopic (exact) mass is 254 g/mol. The first kappa shape index (κ1) is 12.8. The second kappa shape index (κ2) is 5.30. The van der Waals surface area contributed by atoms with Gasteiger partial charge in [-0.1, -0.05) is 6.07 Å². The van der Waals surface area contributed by atoms with Crippen LogP contribution in [-0.2, 0) is 0 Å². The van der Waals surface area contributed by atoms with Gasteiger partial charge in [0.15, 0.2) is 0 Å². The lowest BCUT2D eigenvalue weighted by Crippen LogP contribution is -2.33. The molecule has 2 N–H and O–H groups in total. The summed E-state index contributed by atoms with van der Waals surface area (Å²) in [4.78, 5) is 10.1. The molecule has 2 atom stereocenters. The van der Waals surface area contributed by atoms with E-state index < -0.39 is 16.4 Å². The van der Waals surface area contributed by atoms with Crippen LogP contribution in [0.25, 0.3) is 0 Å². The normalized spacial score (nSPS) is 23.7. The van der Waals surface area contributed by atoms with E-state index in [2.05, 4.69) is 0 Å². The first-order chi connectivity index (χ1) is 8.58. The maximum Gasteiger partial charge on any atom is 0.346 e. The standard InChI is InChI=1S/C12H15FN2O3/c13-10-5-2-6-11(12(10)15(16)17)18-9-4-1-3-8(14)7-9/h2,5-6,8-9H,1,3-4,7,14H2. The molecule has 2 rings (SSSR count). The summed E-state index contributed by atoms with van der Waals surface area (Å²) >= 11 is 0. The lowest BCUT2D eigenvalue weighted by Gasteiger charge is -2.27. The van der Waals surface area contributed by atoms with E-state index in [0.717, 1.165) is 25.3 Å². The van der Waals surface area contributed by atoms with Crippen molar-refractivity contribution in [1.29, 1.82) is 0 Å². The highest BCUT2D eigenvalue weighted by atomic mass is 19.1. The van der Waals surface area contributed by atoms with E-state index in [9.17, 15) is 14.5 Å². The third-order valence-corrected chi connectivity index (χ3v) is 3.09. The van der Waals surface area contributed by atoms with Crippen molar-refractivity contribution in [3.8, 4) is 5.75 Å². The minimum Gasteiger partial charge on any atom is -0.483 e. The van der Waals surface area contributed by atoms with E-state index in [4.69, 9.17) is 10.5 Å². The Hall–Kier alpha value is -1.69. The lowest BCUT2D eigenvalue weighted by atomic mass is 9.93. The van der Waals surface area contributed by atoms with Crippen LogP contribution in [0.3, 0.4) is 0 Å². The summed E-state index contributed by atoms with van der Waals surface area (Å²) in [6, 6.07) is 3.93. The van der Waals surface area contributed by atoms with Gasteiger partial charge >= 0.3 is 5.69 Å². The summed E-state index contributed by atoms with van der Waals surface area (Å²) in [5, 5.41) is 10.8. The molecule has 5 nitrogen and oxygen atoms in total. The Balaban J connectivity index is 2.18. The Kier molecular flexibility index (Phi) is 3.76. The fraction of sp³-hybridized carbons (Fsp3) is 0.500. The molecule has 0 aromatic heterocycles. The smallest absolute Gasteiger partial charge is 0.346 e. The molecule has 98 valence electrons. The van der Waals surface area contributed by atoms with Gasteiger partial charge in [-0.05, 0) is 37.8 Å². The Bertz CT molecular complexity index is 453. The summed E-state index contributed by atoms with van der Waals surface area (Å²) < 4.78 is 18.9. The molecule has 0 amide bonds. The van der Waals surface area contributed by atoms with Crippen molar-refractivity contribution in [2.45, 2.75) is 37.8 Å². The highest BCUT2D eigenvalue weighted by molar-refractivity contribution is 5.47. The summed E-state index contributed by atoms with van der Waals surface area (Å²) in [5.41, 5.74) is 5.22. The Morgan fingerprint density at radius 1 is 1.44 bits per heavy atom. The van der Waals surface area contributed by atoms with E-state index in [-0.39, 0.29) is 17.9 Å². The van der Waals surface area contributed by atoms with Crippen LogP contribution in [0.1, 0.15) is 25.7 Å². The van der Waals surface area contributed by atoms with Gasteiger partial charge in [-0.3, -0.25) is 10.1 Å². The highest BCUT2D eigenvalue weighted by Crippen LogP contribution is 2.32. The number of nitro benzene ring substituents is 1. The molecule has 1 aliphatic carbocycles.